The van der Waals surface area contributed by atoms with Gasteiger partial charge in [-0.25, -0.2) is 0 Å². The van der Waals surface area contributed by atoms with Gasteiger partial charge in [0.25, 0.3) is 6.08 Å². The Kier molecular flexibility index (Phi) is 6.82. The lowest BCUT2D eigenvalue weighted by Crippen LogP contribution is -2.21. The highest BCUT2D eigenvalue weighted by Gasteiger charge is 2.30. The molecule has 0 atom stereocenters. The van der Waals surface area contributed by atoms with Crippen LogP contribution in [0.15, 0.2) is 67.3 Å². The number of benzene rings is 1. The smallest absolute Gasteiger partial charge is 0.425 e. The predicted octanol–water partition coefficient (Wildman–Crippen LogP) is 6.36. The number of halogens is 4. The van der Waals surface area contributed by atoms with Crippen molar-refractivity contribution < 1.29 is 22.3 Å². The van der Waals surface area contributed by atoms with Gasteiger partial charge in [0, 0.05) is 0 Å². The van der Waals surface area contributed by atoms with Gasteiger partial charge in [-0.1, -0.05) is 56.4 Å². The minimum atomic E-state index is -4.06. The molecule has 0 bridgehead atoms. The number of hydrogen-bond acceptors (Lipinski definition) is 1. The molecule has 1 aromatic rings. The standard InChI is InChI=1S/C18H18F4O/c1-4-5-13(2)6-7-14(3)15-8-10-16(11-9-15)23-18(21,22)12-17(19)20/h6-12H,2-5H2,1H3/b7-6-. The molecule has 0 saturated heterocycles. The van der Waals surface area contributed by atoms with Crippen molar-refractivity contribution in [1.82, 2.24) is 0 Å². The van der Waals surface area contributed by atoms with Gasteiger partial charge in [-0.2, -0.15) is 17.6 Å². The van der Waals surface area contributed by atoms with Crippen LogP contribution in [0.3, 0.4) is 0 Å². The summed E-state index contributed by atoms with van der Waals surface area (Å²) in [7, 11) is 0. The molecule has 0 saturated carbocycles. The lowest BCUT2D eigenvalue weighted by Gasteiger charge is -2.14. The van der Waals surface area contributed by atoms with Crippen molar-refractivity contribution >= 4 is 5.57 Å². The molecule has 0 spiro atoms. The summed E-state index contributed by atoms with van der Waals surface area (Å²) in [5, 5.41) is 0. The van der Waals surface area contributed by atoms with Crippen molar-refractivity contribution in [2.45, 2.75) is 25.9 Å². The molecule has 0 aliphatic carbocycles. The fraction of sp³-hybridized carbons (Fsp3) is 0.222. The Hall–Kier alpha value is -2.30. The van der Waals surface area contributed by atoms with E-state index in [0.29, 0.717) is 11.1 Å². The van der Waals surface area contributed by atoms with E-state index in [-0.39, 0.29) is 5.75 Å². The summed E-state index contributed by atoms with van der Waals surface area (Å²) in [6.45, 7) is 9.81. The van der Waals surface area contributed by atoms with E-state index in [1.807, 2.05) is 13.0 Å². The second-order valence-corrected chi connectivity index (χ2v) is 4.89. The summed E-state index contributed by atoms with van der Waals surface area (Å²) in [4.78, 5) is 0. The largest absolute Gasteiger partial charge is 0.429 e. The lowest BCUT2D eigenvalue weighted by atomic mass is 10.1. The highest BCUT2D eigenvalue weighted by Crippen LogP contribution is 2.26. The Morgan fingerprint density at radius 3 is 2.26 bits per heavy atom. The van der Waals surface area contributed by atoms with Crippen LogP contribution in [0.2, 0.25) is 0 Å². The average Bonchev–Trinajstić information content (AvgIpc) is 2.44. The molecule has 0 fully saturated rings. The van der Waals surface area contributed by atoms with E-state index < -0.39 is 18.3 Å². The van der Waals surface area contributed by atoms with Crippen molar-refractivity contribution in [2.24, 2.45) is 0 Å². The van der Waals surface area contributed by atoms with E-state index in [0.717, 1.165) is 18.4 Å². The zero-order valence-electron chi connectivity index (χ0n) is 12.8. The minimum absolute atomic E-state index is 0.219. The fourth-order valence-electron chi connectivity index (χ4n) is 1.77. The topological polar surface area (TPSA) is 9.23 Å². The van der Waals surface area contributed by atoms with Crippen molar-refractivity contribution in [3.63, 3.8) is 0 Å². The second-order valence-electron chi connectivity index (χ2n) is 4.89. The number of alkyl halides is 2. The van der Waals surface area contributed by atoms with E-state index in [2.05, 4.69) is 17.9 Å². The first-order chi connectivity index (χ1) is 10.7. The molecular weight excluding hydrogens is 308 g/mol. The van der Waals surface area contributed by atoms with Crippen LogP contribution < -0.4 is 4.74 Å². The highest BCUT2D eigenvalue weighted by molar-refractivity contribution is 5.72. The quantitative estimate of drug-likeness (QED) is 0.399. The van der Waals surface area contributed by atoms with Gasteiger partial charge in [0.1, 0.15) is 5.75 Å². The molecule has 124 valence electrons. The van der Waals surface area contributed by atoms with Crippen LogP contribution in [0.5, 0.6) is 5.75 Å². The van der Waals surface area contributed by atoms with Crippen LogP contribution >= 0.6 is 0 Å². The lowest BCUT2D eigenvalue weighted by molar-refractivity contribution is -0.133. The number of allylic oxidation sites excluding steroid dienone is 4. The van der Waals surface area contributed by atoms with Crippen LogP contribution in [0.25, 0.3) is 5.57 Å². The molecule has 1 rings (SSSR count). The van der Waals surface area contributed by atoms with Crippen molar-refractivity contribution in [3.05, 3.63) is 72.9 Å². The Labute approximate surface area is 133 Å². The molecule has 0 aliphatic heterocycles. The molecule has 0 unspecified atom stereocenters. The van der Waals surface area contributed by atoms with Gasteiger partial charge in [-0.05, 0) is 29.7 Å². The van der Waals surface area contributed by atoms with E-state index in [1.165, 1.54) is 24.3 Å². The molecule has 0 aliphatic rings. The Morgan fingerprint density at radius 1 is 1.13 bits per heavy atom. The van der Waals surface area contributed by atoms with Crippen molar-refractivity contribution in [1.29, 1.82) is 0 Å². The first kappa shape index (κ1) is 18.7. The van der Waals surface area contributed by atoms with Gasteiger partial charge in [-0.15, -0.1) is 0 Å². The van der Waals surface area contributed by atoms with Crippen LogP contribution in [-0.2, 0) is 0 Å². The average molecular weight is 326 g/mol. The molecule has 5 heteroatoms. The van der Waals surface area contributed by atoms with Crippen LogP contribution in [0, 0.1) is 0 Å². The molecule has 0 aromatic heterocycles. The molecule has 1 nitrogen and oxygen atoms in total. The Morgan fingerprint density at radius 2 is 1.74 bits per heavy atom. The first-order valence-electron chi connectivity index (χ1n) is 6.99. The molecule has 0 heterocycles. The summed E-state index contributed by atoms with van der Waals surface area (Å²) in [6.07, 6.45) is -1.61. The second kappa shape index (κ2) is 8.36. The van der Waals surface area contributed by atoms with Crippen molar-refractivity contribution in [3.8, 4) is 5.75 Å². The Balaban J connectivity index is 2.75. The molecular formula is C18H18F4O. The summed E-state index contributed by atoms with van der Waals surface area (Å²) in [5.74, 6) is -0.219. The number of rotatable bonds is 8. The Bertz CT molecular complexity index is 608. The van der Waals surface area contributed by atoms with Crippen LogP contribution in [0.1, 0.15) is 25.3 Å². The maximum absolute atomic E-state index is 13.1. The maximum Gasteiger partial charge on any atom is 0.425 e. The van der Waals surface area contributed by atoms with Crippen LogP contribution in [-0.4, -0.2) is 6.11 Å². The number of ether oxygens (including phenoxy) is 1. The molecule has 1 aromatic carbocycles. The number of hydrogen-bond donors (Lipinski definition) is 0. The molecule has 0 radical (unpaired) electrons. The van der Waals surface area contributed by atoms with E-state index in [4.69, 9.17) is 0 Å². The third-order valence-corrected chi connectivity index (χ3v) is 2.85. The third-order valence-electron chi connectivity index (χ3n) is 2.85. The normalized spacial score (nSPS) is 11.3. The van der Waals surface area contributed by atoms with Gasteiger partial charge in [0.2, 0.25) is 0 Å². The van der Waals surface area contributed by atoms with Gasteiger partial charge in [-0.3, -0.25) is 0 Å². The van der Waals surface area contributed by atoms with Gasteiger partial charge < -0.3 is 4.74 Å². The van der Waals surface area contributed by atoms with Gasteiger partial charge >= 0.3 is 6.11 Å². The predicted molar refractivity (Wildman–Crippen MR) is 84.5 cm³/mol. The minimum Gasteiger partial charge on any atom is -0.429 e. The first-order valence-corrected chi connectivity index (χ1v) is 6.99. The summed E-state index contributed by atoms with van der Waals surface area (Å²) in [6, 6.07) is 5.59. The SMILES string of the molecule is C=C(/C=C\C(=C)c1ccc(OC(F)(F)C=C(F)F)cc1)CCC. The summed E-state index contributed by atoms with van der Waals surface area (Å²) in [5.41, 5.74) is 2.34. The van der Waals surface area contributed by atoms with Crippen LogP contribution in [0.4, 0.5) is 17.6 Å². The zero-order chi connectivity index (χ0) is 17.5. The van der Waals surface area contributed by atoms with E-state index >= 15 is 0 Å². The summed E-state index contributed by atoms with van der Waals surface area (Å²) < 4.78 is 54.2. The molecule has 0 N–H and O–H groups in total. The fourth-order valence-corrected chi connectivity index (χ4v) is 1.77. The molecule has 23 heavy (non-hydrogen) atoms. The zero-order valence-corrected chi connectivity index (χ0v) is 12.8. The highest BCUT2D eigenvalue weighted by atomic mass is 19.3. The van der Waals surface area contributed by atoms with E-state index in [9.17, 15) is 17.6 Å². The monoisotopic (exact) mass is 326 g/mol. The van der Waals surface area contributed by atoms with Gasteiger partial charge in [0.15, 0.2) is 0 Å². The van der Waals surface area contributed by atoms with E-state index in [1.54, 1.807) is 6.08 Å². The maximum atomic E-state index is 13.1. The third kappa shape index (κ3) is 7.00. The van der Waals surface area contributed by atoms with Gasteiger partial charge in [0.05, 0.1) is 6.08 Å². The molecule has 0 amide bonds. The van der Waals surface area contributed by atoms with Crippen molar-refractivity contribution in [2.75, 3.05) is 0 Å². The summed E-state index contributed by atoms with van der Waals surface area (Å²) >= 11 is 0.